The van der Waals surface area contributed by atoms with Crippen LogP contribution in [0, 0.1) is 27.7 Å². The lowest BCUT2D eigenvalue weighted by Crippen LogP contribution is -2.44. The van der Waals surface area contributed by atoms with Crippen LogP contribution in [0.5, 0.6) is 0 Å². The number of carbonyl (C=O) groups excluding carboxylic acids is 2. The number of aryl methyl sites for hydroxylation is 7. The maximum atomic E-state index is 8.12. The Labute approximate surface area is 513 Å². The number of rotatable bonds is 21. The molecule has 0 spiro atoms. The van der Waals surface area contributed by atoms with E-state index in [0.717, 1.165) is 63.3 Å². The molecule has 458 valence electrons. The standard InChI is InChI=1S/C37H53NOSi.C36H57BO3Si.CO2/c1-9-30-25-32(27-38-26-30)35-18-17-34(24-29(35)5)37(10-2,11-3)33-16-15-31(28(4)23-33)19-22-36(39-40(6,7)8)20-13-12-14-21-36;1-12-36(13-2,31-19-20-32(28(4)26-31)37-38-33(5,6)34(7,8)39-37)30-18-17-29(27(3)25-30)21-24-35(40-41(9,10)11)22-15-14-16-23-35;2-1-3/h15-18,23-27H,9-14,19-22H2,1-8H3;17-20,25-26H,12-16,21-24H2,1-11H3;. The molecule has 10 heteroatoms. The van der Waals surface area contributed by atoms with Crippen LogP contribution in [0.1, 0.15) is 226 Å². The van der Waals surface area contributed by atoms with Gasteiger partial charge in [-0.2, -0.15) is 9.59 Å². The molecule has 0 bridgehead atoms. The molecule has 3 fully saturated rings. The molecule has 2 heterocycles. The van der Waals surface area contributed by atoms with Gasteiger partial charge in [0.15, 0.2) is 16.6 Å². The van der Waals surface area contributed by atoms with Crippen LogP contribution < -0.4 is 5.46 Å². The quantitative estimate of drug-likeness (QED) is 0.0677. The summed E-state index contributed by atoms with van der Waals surface area (Å²) in [4.78, 5) is 20.8. The molecule has 1 saturated heterocycles. The lowest BCUT2D eigenvalue weighted by Gasteiger charge is -2.42. The Hall–Kier alpha value is -4.25. The van der Waals surface area contributed by atoms with Crippen molar-refractivity contribution < 1.29 is 27.7 Å². The molecule has 3 aliphatic rings. The molecule has 4 aromatic carbocycles. The van der Waals surface area contributed by atoms with Gasteiger partial charge in [-0.25, -0.2) is 0 Å². The summed E-state index contributed by atoms with van der Waals surface area (Å²) in [6, 6.07) is 31.0. The van der Waals surface area contributed by atoms with E-state index in [-0.39, 0.29) is 46.5 Å². The van der Waals surface area contributed by atoms with Crippen molar-refractivity contribution in [1.82, 2.24) is 4.98 Å². The first kappa shape index (κ1) is 68.9. The van der Waals surface area contributed by atoms with Crippen molar-refractivity contribution >= 4 is 35.4 Å². The summed E-state index contributed by atoms with van der Waals surface area (Å²) in [6.07, 6.45) is 26.9. The number of benzene rings is 4. The second-order valence-electron chi connectivity index (χ2n) is 28.5. The van der Waals surface area contributed by atoms with Gasteiger partial charge in [0.05, 0.1) is 22.4 Å². The highest BCUT2D eigenvalue weighted by molar-refractivity contribution is 6.70. The van der Waals surface area contributed by atoms with Gasteiger partial charge < -0.3 is 18.2 Å². The smallest absolute Gasteiger partial charge is 0.412 e. The molecular weight excluding hydrogens is 1070 g/mol. The van der Waals surface area contributed by atoms with Gasteiger partial charge in [-0.1, -0.05) is 152 Å². The number of aromatic nitrogens is 1. The van der Waals surface area contributed by atoms with Gasteiger partial charge in [0.2, 0.25) is 0 Å². The summed E-state index contributed by atoms with van der Waals surface area (Å²) in [7, 11) is -3.51. The number of pyridine rings is 1. The van der Waals surface area contributed by atoms with Crippen LogP contribution in [0.15, 0.2) is 91.3 Å². The van der Waals surface area contributed by atoms with E-state index >= 15 is 0 Å². The van der Waals surface area contributed by atoms with E-state index in [1.807, 2.05) is 12.4 Å². The molecule has 1 aromatic heterocycles. The van der Waals surface area contributed by atoms with Crippen LogP contribution >= 0.6 is 0 Å². The fourth-order valence-electron chi connectivity index (χ4n) is 14.6. The average molecular weight is 1180 g/mol. The van der Waals surface area contributed by atoms with Crippen molar-refractivity contribution in [2.24, 2.45) is 0 Å². The number of nitrogens with zero attached hydrogens (tertiary/aromatic N) is 1. The first-order chi connectivity index (χ1) is 39.5. The van der Waals surface area contributed by atoms with Crippen LogP contribution in [0.2, 0.25) is 39.3 Å². The molecule has 1 aliphatic heterocycles. The third-order valence-electron chi connectivity index (χ3n) is 20.1. The van der Waals surface area contributed by atoms with Crippen LogP contribution in [-0.2, 0) is 57.8 Å². The number of hydrogen-bond acceptors (Lipinski definition) is 7. The van der Waals surface area contributed by atoms with E-state index in [1.54, 1.807) is 0 Å². The van der Waals surface area contributed by atoms with Crippen molar-refractivity contribution in [1.29, 1.82) is 0 Å². The molecule has 0 amide bonds. The molecule has 0 atom stereocenters. The summed E-state index contributed by atoms with van der Waals surface area (Å²) < 4.78 is 26.6. The first-order valence-corrected chi connectivity index (χ1v) is 39.5. The third-order valence-corrected chi connectivity index (χ3v) is 22.2. The van der Waals surface area contributed by atoms with Crippen molar-refractivity contribution in [2.75, 3.05) is 0 Å². The Morgan fingerprint density at radius 2 is 0.905 bits per heavy atom. The van der Waals surface area contributed by atoms with Gasteiger partial charge in [-0.05, 0) is 251 Å². The van der Waals surface area contributed by atoms with Crippen LogP contribution in [0.3, 0.4) is 0 Å². The lowest BCUT2D eigenvalue weighted by molar-refractivity contribution is -0.191. The summed E-state index contributed by atoms with van der Waals surface area (Å²) >= 11 is 0. The van der Waals surface area contributed by atoms with Gasteiger partial charge in [-0.15, -0.1) is 0 Å². The highest BCUT2D eigenvalue weighted by atomic mass is 28.4. The third kappa shape index (κ3) is 16.5. The average Bonchev–Trinajstić information content (AvgIpc) is 1.73. The van der Waals surface area contributed by atoms with Crippen molar-refractivity contribution in [2.45, 2.75) is 285 Å². The van der Waals surface area contributed by atoms with Crippen molar-refractivity contribution in [3.63, 3.8) is 0 Å². The predicted octanol–water partition coefficient (Wildman–Crippen LogP) is 19.1. The predicted molar refractivity (Wildman–Crippen MR) is 358 cm³/mol. The van der Waals surface area contributed by atoms with Crippen LogP contribution in [-0.4, -0.2) is 57.3 Å². The van der Waals surface area contributed by atoms with Gasteiger partial charge in [-0.3, -0.25) is 4.98 Å². The lowest BCUT2D eigenvalue weighted by atomic mass is 9.67. The van der Waals surface area contributed by atoms with E-state index in [4.69, 9.17) is 27.7 Å². The molecule has 0 N–H and O–H groups in total. The minimum absolute atomic E-state index is 0.0155. The Morgan fingerprint density at radius 3 is 1.26 bits per heavy atom. The number of hydrogen-bond donors (Lipinski definition) is 0. The Bertz CT molecular complexity index is 2960. The normalized spacial score (nSPS) is 17.6. The zero-order chi connectivity index (χ0) is 61.9. The van der Waals surface area contributed by atoms with E-state index in [9.17, 15) is 0 Å². The Morgan fingerprint density at radius 1 is 0.524 bits per heavy atom. The highest BCUT2D eigenvalue weighted by Gasteiger charge is 2.52. The minimum atomic E-state index is -1.60. The second kappa shape index (κ2) is 28.7. The van der Waals surface area contributed by atoms with E-state index in [1.165, 1.54) is 137 Å². The highest BCUT2D eigenvalue weighted by Crippen LogP contribution is 2.45. The summed E-state index contributed by atoms with van der Waals surface area (Å²) in [5.41, 5.74) is 18.5. The zero-order valence-corrected chi connectivity index (χ0v) is 58.1. The molecule has 2 saturated carbocycles. The topological polar surface area (TPSA) is 83.9 Å². The van der Waals surface area contributed by atoms with E-state index in [2.05, 4.69) is 213 Å². The second-order valence-corrected chi connectivity index (χ2v) is 37.3. The molecule has 8 rings (SSSR count). The molecule has 84 heavy (non-hydrogen) atoms. The van der Waals surface area contributed by atoms with Gasteiger partial charge in [0, 0.05) is 28.8 Å². The van der Waals surface area contributed by atoms with E-state index in [0.29, 0.717) is 0 Å². The molecule has 5 aromatic rings. The summed E-state index contributed by atoms with van der Waals surface area (Å²) in [5, 5.41) is 0. The van der Waals surface area contributed by atoms with Gasteiger partial charge >= 0.3 is 13.3 Å². The Balaban J connectivity index is 0.000000257. The maximum Gasteiger partial charge on any atom is 0.495 e. The first-order valence-electron chi connectivity index (χ1n) is 32.6. The minimum Gasteiger partial charge on any atom is -0.412 e. The fourth-order valence-corrected chi connectivity index (χ4v) is 17.8. The molecule has 0 radical (unpaired) electrons. The SMILES string of the molecule is CCC(CC)(c1ccc(CCC2(O[Si](C)(C)C)CCCCC2)c(C)c1)c1ccc(B2OC(C)(C)C(C)(C)O2)c(C)c1.CCc1cncc(-c2ccc(C(CC)(CC)c3ccc(CCC4(O[Si](C)(C)C)CCCCC4)c(C)c3)cc2C)c1.O=C=O. The Kier molecular flexibility index (Phi) is 23.5. The fraction of sp³-hybridized carbons (Fsp3) is 0.595. The monoisotopic (exact) mass is 1180 g/mol. The molecule has 7 nitrogen and oxygen atoms in total. The molecule has 2 aliphatic carbocycles. The van der Waals surface area contributed by atoms with Gasteiger partial charge in [0.25, 0.3) is 0 Å². The molecule has 0 unspecified atom stereocenters. The maximum absolute atomic E-state index is 8.12. The zero-order valence-electron chi connectivity index (χ0n) is 56.1. The van der Waals surface area contributed by atoms with Crippen molar-refractivity contribution in [3.05, 3.63) is 152 Å². The van der Waals surface area contributed by atoms with Crippen LogP contribution in [0.25, 0.3) is 11.1 Å². The van der Waals surface area contributed by atoms with Crippen molar-refractivity contribution in [3.8, 4) is 11.1 Å². The van der Waals surface area contributed by atoms with Gasteiger partial charge in [0.1, 0.15) is 0 Å². The summed E-state index contributed by atoms with van der Waals surface area (Å²) in [5.74, 6) is 0. The van der Waals surface area contributed by atoms with E-state index < -0.39 is 16.6 Å². The molecular formula is C74H110BNO6Si2. The summed E-state index contributed by atoms with van der Waals surface area (Å²) in [6.45, 7) is 43.3. The largest absolute Gasteiger partial charge is 0.495 e. The van der Waals surface area contributed by atoms with Crippen LogP contribution in [0.4, 0.5) is 0 Å².